The molecule has 1 aromatic heterocycles. The van der Waals surface area contributed by atoms with E-state index in [1.165, 1.54) is 24.2 Å². The fraction of sp³-hybridized carbons (Fsp3) is 0.615. The van der Waals surface area contributed by atoms with E-state index in [0.29, 0.717) is 23.2 Å². The number of carbonyl (C=O) groups is 1. The van der Waals surface area contributed by atoms with Gasteiger partial charge in [-0.1, -0.05) is 13.3 Å². The first-order chi connectivity index (χ1) is 9.12. The molecule has 1 aliphatic rings. The van der Waals surface area contributed by atoms with Gasteiger partial charge in [-0.15, -0.1) is 23.1 Å². The van der Waals surface area contributed by atoms with Gasteiger partial charge in [-0.05, 0) is 25.5 Å². The number of esters is 1. The molecule has 1 heterocycles. The largest absolute Gasteiger partial charge is 0.462 e. The number of carbonyl (C=O) groups excluding carboxylic acids is 1. The molecule has 2 atom stereocenters. The Labute approximate surface area is 122 Å². The van der Waals surface area contributed by atoms with E-state index in [2.05, 4.69) is 12.2 Å². The summed E-state index contributed by atoms with van der Waals surface area (Å²) in [6.45, 7) is 4.37. The van der Waals surface area contributed by atoms with Gasteiger partial charge in [0, 0.05) is 6.04 Å². The van der Waals surface area contributed by atoms with E-state index in [0.717, 1.165) is 15.8 Å². The minimum Gasteiger partial charge on any atom is -0.462 e. The van der Waals surface area contributed by atoms with Crippen LogP contribution in [0.4, 0.5) is 10.7 Å². The van der Waals surface area contributed by atoms with Crippen molar-refractivity contribution in [3.63, 3.8) is 0 Å². The molecule has 1 fully saturated rings. The first-order valence-corrected chi connectivity index (χ1v) is 8.56. The lowest BCUT2D eigenvalue weighted by molar-refractivity contribution is 0.0533. The van der Waals surface area contributed by atoms with Crippen molar-refractivity contribution in [3.05, 3.63) is 4.88 Å². The lowest BCUT2D eigenvalue weighted by Gasteiger charge is -2.04. The molecule has 2 rings (SSSR count). The van der Waals surface area contributed by atoms with Crippen molar-refractivity contribution in [2.75, 3.05) is 23.9 Å². The molecule has 3 N–H and O–H groups in total. The van der Waals surface area contributed by atoms with Crippen molar-refractivity contribution in [3.8, 4) is 0 Å². The van der Waals surface area contributed by atoms with Crippen LogP contribution in [0.3, 0.4) is 0 Å². The maximum absolute atomic E-state index is 11.8. The summed E-state index contributed by atoms with van der Waals surface area (Å²) < 4.78 is 5.04. The van der Waals surface area contributed by atoms with Crippen LogP contribution >= 0.6 is 23.1 Å². The summed E-state index contributed by atoms with van der Waals surface area (Å²) in [7, 11) is 0. The topological polar surface area (TPSA) is 64.3 Å². The normalized spacial score (nSPS) is 21.2. The fourth-order valence-electron chi connectivity index (χ4n) is 2.12. The zero-order chi connectivity index (χ0) is 14.0. The molecule has 0 bridgehead atoms. The van der Waals surface area contributed by atoms with Gasteiger partial charge in [-0.25, -0.2) is 4.79 Å². The van der Waals surface area contributed by atoms with E-state index >= 15 is 0 Å². The monoisotopic (exact) mass is 300 g/mol. The predicted octanol–water partition coefficient (Wildman–Crippen LogP) is 3.44. The average Bonchev–Trinajstić information content (AvgIpc) is 3.06. The molecule has 0 radical (unpaired) electrons. The molecule has 106 valence electrons. The van der Waals surface area contributed by atoms with E-state index in [1.807, 2.05) is 6.26 Å². The number of nitrogens with one attached hydrogen (secondary N) is 1. The third-order valence-electron chi connectivity index (χ3n) is 3.33. The van der Waals surface area contributed by atoms with Crippen molar-refractivity contribution >= 4 is 39.8 Å². The Morgan fingerprint density at radius 3 is 2.84 bits per heavy atom. The van der Waals surface area contributed by atoms with Crippen LogP contribution in [0.25, 0.3) is 0 Å². The van der Waals surface area contributed by atoms with Gasteiger partial charge >= 0.3 is 5.97 Å². The van der Waals surface area contributed by atoms with Crippen LogP contribution in [-0.4, -0.2) is 24.9 Å². The van der Waals surface area contributed by atoms with Crippen molar-refractivity contribution < 1.29 is 9.53 Å². The standard InChI is InChI=1S/C13H20N2O2S2/c1-4-7-6-8(7)15-12-10(18-3)9(14)11(19-12)13(16)17-5-2/h7-8,15H,4-6,14H2,1-3H3. The van der Waals surface area contributed by atoms with Gasteiger partial charge in [0.1, 0.15) is 9.88 Å². The summed E-state index contributed by atoms with van der Waals surface area (Å²) in [6.07, 6.45) is 4.37. The number of nitrogens with two attached hydrogens (primary N) is 1. The quantitative estimate of drug-likeness (QED) is 0.622. The van der Waals surface area contributed by atoms with Crippen LogP contribution in [0.5, 0.6) is 0 Å². The number of nitrogen functional groups attached to an aromatic ring is 1. The second kappa shape index (κ2) is 6.05. The molecular weight excluding hydrogens is 280 g/mol. The molecule has 2 unspecified atom stereocenters. The van der Waals surface area contributed by atoms with E-state index in [9.17, 15) is 4.79 Å². The molecule has 0 spiro atoms. The Bertz CT molecular complexity index is 473. The van der Waals surface area contributed by atoms with Crippen LogP contribution in [0.1, 0.15) is 36.4 Å². The molecule has 4 nitrogen and oxygen atoms in total. The molecule has 0 aromatic carbocycles. The van der Waals surface area contributed by atoms with Gasteiger partial charge in [-0.2, -0.15) is 0 Å². The molecule has 0 amide bonds. The van der Waals surface area contributed by atoms with E-state index < -0.39 is 0 Å². The summed E-state index contributed by atoms with van der Waals surface area (Å²) in [6, 6.07) is 0.531. The van der Waals surface area contributed by atoms with Crippen molar-refractivity contribution in [1.29, 1.82) is 0 Å². The number of thiophene rings is 1. The number of anilines is 2. The third kappa shape index (κ3) is 3.00. The van der Waals surface area contributed by atoms with E-state index in [-0.39, 0.29) is 5.97 Å². The highest BCUT2D eigenvalue weighted by Crippen LogP contribution is 2.45. The highest BCUT2D eigenvalue weighted by atomic mass is 32.2. The lowest BCUT2D eigenvalue weighted by atomic mass is 10.3. The number of hydrogen-bond donors (Lipinski definition) is 2. The fourth-order valence-corrected chi connectivity index (χ4v) is 4.10. The summed E-state index contributed by atoms with van der Waals surface area (Å²) in [5.74, 6) is 0.431. The SMILES string of the molecule is CCOC(=O)c1sc(NC2CC2CC)c(SC)c1N. The Hall–Kier alpha value is -0.880. The Balaban J connectivity index is 2.18. The Morgan fingerprint density at radius 2 is 2.32 bits per heavy atom. The van der Waals surface area contributed by atoms with E-state index in [4.69, 9.17) is 10.5 Å². The minimum atomic E-state index is -0.323. The van der Waals surface area contributed by atoms with Gasteiger partial charge in [0.2, 0.25) is 0 Å². The van der Waals surface area contributed by atoms with Crippen LogP contribution in [-0.2, 0) is 4.74 Å². The van der Waals surface area contributed by atoms with Crippen LogP contribution in [0, 0.1) is 5.92 Å². The maximum atomic E-state index is 11.8. The Kier molecular flexibility index (Phi) is 4.62. The number of thioether (sulfide) groups is 1. The second-order valence-electron chi connectivity index (χ2n) is 4.58. The van der Waals surface area contributed by atoms with Crippen molar-refractivity contribution in [2.45, 2.75) is 37.6 Å². The Morgan fingerprint density at radius 1 is 1.58 bits per heavy atom. The predicted molar refractivity (Wildman–Crippen MR) is 82.3 cm³/mol. The molecule has 0 saturated heterocycles. The molecule has 1 aliphatic carbocycles. The van der Waals surface area contributed by atoms with E-state index in [1.54, 1.807) is 18.7 Å². The number of hydrogen-bond acceptors (Lipinski definition) is 6. The third-order valence-corrected chi connectivity index (χ3v) is 5.41. The van der Waals surface area contributed by atoms with Crippen molar-refractivity contribution in [2.24, 2.45) is 5.92 Å². The first kappa shape index (κ1) is 14.5. The van der Waals surface area contributed by atoms with Gasteiger partial charge < -0.3 is 15.8 Å². The second-order valence-corrected chi connectivity index (χ2v) is 6.42. The average molecular weight is 300 g/mol. The zero-order valence-electron chi connectivity index (χ0n) is 11.5. The van der Waals surface area contributed by atoms with Gasteiger partial charge in [-0.3, -0.25) is 0 Å². The molecule has 1 aromatic rings. The molecule has 0 aliphatic heterocycles. The smallest absolute Gasteiger partial charge is 0.350 e. The van der Waals surface area contributed by atoms with Gasteiger partial charge in [0.25, 0.3) is 0 Å². The maximum Gasteiger partial charge on any atom is 0.350 e. The molecule has 6 heteroatoms. The van der Waals surface area contributed by atoms with Crippen molar-refractivity contribution in [1.82, 2.24) is 0 Å². The van der Waals surface area contributed by atoms with Gasteiger partial charge in [0.15, 0.2) is 0 Å². The summed E-state index contributed by atoms with van der Waals surface area (Å²) in [5, 5.41) is 4.51. The minimum absolute atomic E-state index is 0.323. The summed E-state index contributed by atoms with van der Waals surface area (Å²) >= 11 is 2.98. The van der Waals surface area contributed by atoms with Crippen LogP contribution < -0.4 is 11.1 Å². The summed E-state index contributed by atoms with van der Waals surface area (Å²) in [4.78, 5) is 13.3. The lowest BCUT2D eigenvalue weighted by Crippen LogP contribution is -2.05. The van der Waals surface area contributed by atoms with Crippen LogP contribution in [0.2, 0.25) is 0 Å². The number of rotatable bonds is 6. The molecule has 19 heavy (non-hydrogen) atoms. The number of ether oxygens (including phenoxy) is 1. The van der Waals surface area contributed by atoms with Crippen LogP contribution in [0.15, 0.2) is 4.90 Å². The summed E-state index contributed by atoms with van der Waals surface area (Å²) in [5.41, 5.74) is 6.61. The highest BCUT2D eigenvalue weighted by Gasteiger charge is 2.36. The zero-order valence-corrected chi connectivity index (χ0v) is 13.1. The first-order valence-electron chi connectivity index (χ1n) is 6.52. The molecule has 1 saturated carbocycles. The van der Waals surface area contributed by atoms with Gasteiger partial charge in [0.05, 0.1) is 17.2 Å². The highest BCUT2D eigenvalue weighted by molar-refractivity contribution is 7.99. The molecular formula is C13H20N2O2S2.